The summed E-state index contributed by atoms with van der Waals surface area (Å²) in [6.07, 6.45) is 4.75. The Morgan fingerprint density at radius 1 is 1.38 bits per heavy atom. The van der Waals surface area contributed by atoms with Gasteiger partial charge in [0.1, 0.15) is 0 Å². The van der Waals surface area contributed by atoms with Gasteiger partial charge in [-0.1, -0.05) is 18.2 Å². The molecule has 0 amide bonds. The van der Waals surface area contributed by atoms with Crippen LogP contribution >= 0.6 is 0 Å². The third-order valence-corrected chi connectivity index (χ3v) is 4.52. The van der Waals surface area contributed by atoms with Crippen molar-refractivity contribution in [1.29, 1.82) is 0 Å². The molecule has 0 saturated heterocycles. The number of hydrogen-bond acceptors (Lipinski definition) is 3. The van der Waals surface area contributed by atoms with Gasteiger partial charge in [-0.25, -0.2) is 0 Å². The van der Waals surface area contributed by atoms with Crippen molar-refractivity contribution in [2.45, 2.75) is 44.8 Å². The first kappa shape index (κ1) is 14.5. The molecule has 0 radical (unpaired) electrons. The van der Waals surface area contributed by atoms with E-state index in [2.05, 4.69) is 36.3 Å². The average Bonchev–Trinajstić information content (AvgIpc) is 2.74. The lowest BCUT2D eigenvalue weighted by atomic mass is 9.77. The molecule has 0 spiro atoms. The molecule has 4 heteroatoms. The third kappa shape index (κ3) is 3.11. The summed E-state index contributed by atoms with van der Waals surface area (Å²) in [6, 6.07) is 8.55. The smallest absolute Gasteiger partial charge is 0.0718 e. The Hall–Kier alpha value is -1.39. The fourth-order valence-electron chi connectivity index (χ4n) is 3.44. The van der Waals surface area contributed by atoms with E-state index in [1.807, 2.05) is 11.7 Å². The Morgan fingerprint density at radius 3 is 2.90 bits per heavy atom. The second kappa shape index (κ2) is 6.16. The van der Waals surface area contributed by atoms with Crippen LogP contribution in [-0.4, -0.2) is 28.5 Å². The van der Waals surface area contributed by atoms with Gasteiger partial charge < -0.3 is 10.5 Å². The van der Waals surface area contributed by atoms with Crippen LogP contribution in [0.3, 0.4) is 0 Å². The van der Waals surface area contributed by atoms with E-state index in [0.717, 1.165) is 31.1 Å². The Morgan fingerprint density at radius 2 is 2.14 bits per heavy atom. The van der Waals surface area contributed by atoms with Crippen LogP contribution in [0.4, 0.5) is 0 Å². The highest BCUT2D eigenvalue weighted by Gasteiger charge is 2.30. The molecule has 1 aliphatic rings. The number of para-hydroxylation sites is 1. The van der Waals surface area contributed by atoms with Crippen LogP contribution in [0, 0.1) is 5.92 Å². The molecule has 0 bridgehead atoms. The SMILES string of the molecule is CCOC1CC(CC(N)Cc2nn(C)c3ccccc23)C1. The standard InChI is InChI=1S/C17H25N3O/c1-3-21-14-9-12(10-14)8-13(18)11-16-15-6-4-5-7-17(15)20(2)19-16/h4-7,12-14H,3,8-11,18H2,1-2H3. The normalized spacial score (nSPS) is 23.2. The van der Waals surface area contributed by atoms with Crippen LogP contribution in [0.2, 0.25) is 0 Å². The van der Waals surface area contributed by atoms with E-state index in [9.17, 15) is 0 Å². The van der Waals surface area contributed by atoms with E-state index in [0.29, 0.717) is 6.10 Å². The maximum absolute atomic E-state index is 6.35. The first-order chi connectivity index (χ1) is 10.2. The molecule has 0 aliphatic heterocycles. The van der Waals surface area contributed by atoms with Gasteiger partial charge in [0.2, 0.25) is 0 Å². The van der Waals surface area contributed by atoms with Crippen molar-refractivity contribution in [3.63, 3.8) is 0 Å². The van der Waals surface area contributed by atoms with Gasteiger partial charge in [-0.2, -0.15) is 5.10 Å². The molecule has 21 heavy (non-hydrogen) atoms. The fourth-order valence-corrected chi connectivity index (χ4v) is 3.44. The lowest BCUT2D eigenvalue weighted by Crippen LogP contribution is -2.36. The largest absolute Gasteiger partial charge is 0.378 e. The lowest BCUT2D eigenvalue weighted by Gasteiger charge is -2.36. The zero-order valence-electron chi connectivity index (χ0n) is 13.0. The summed E-state index contributed by atoms with van der Waals surface area (Å²) < 4.78 is 7.56. The van der Waals surface area contributed by atoms with E-state index in [-0.39, 0.29) is 6.04 Å². The second-order valence-electron chi connectivity index (χ2n) is 6.20. The Balaban J connectivity index is 1.58. The highest BCUT2D eigenvalue weighted by atomic mass is 16.5. The number of aromatic nitrogens is 2. The number of ether oxygens (including phenoxy) is 1. The van der Waals surface area contributed by atoms with E-state index in [1.54, 1.807) is 0 Å². The molecule has 2 aromatic rings. The van der Waals surface area contributed by atoms with Crippen molar-refractivity contribution in [2.75, 3.05) is 6.61 Å². The quantitative estimate of drug-likeness (QED) is 0.888. The number of nitrogens with two attached hydrogens (primary N) is 1. The molecule has 1 atom stereocenters. The molecule has 3 rings (SSSR count). The summed E-state index contributed by atoms with van der Waals surface area (Å²) in [7, 11) is 2.00. The predicted molar refractivity (Wildman–Crippen MR) is 85.1 cm³/mol. The maximum atomic E-state index is 6.35. The highest BCUT2D eigenvalue weighted by molar-refractivity contribution is 5.81. The van der Waals surface area contributed by atoms with Crippen LogP contribution in [0.15, 0.2) is 24.3 Å². The van der Waals surface area contributed by atoms with Crippen molar-refractivity contribution in [3.05, 3.63) is 30.0 Å². The monoisotopic (exact) mass is 287 g/mol. The van der Waals surface area contributed by atoms with Gasteiger partial charge in [-0.3, -0.25) is 4.68 Å². The number of fused-ring (bicyclic) bond motifs is 1. The minimum atomic E-state index is 0.191. The van der Waals surface area contributed by atoms with Gasteiger partial charge in [0.15, 0.2) is 0 Å². The highest BCUT2D eigenvalue weighted by Crippen LogP contribution is 2.33. The molecule has 1 aromatic carbocycles. The van der Waals surface area contributed by atoms with E-state index >= 15 is 0 Å². The van der Waals surface area contributed by atoms with E-state index < -0.39 is 0 Å². The molecule has 2 N–H and O–H groups in total. The molecule has 114 valence electrons. The van der Waals surface area contributed by atoms with Crippen LogP contribution in [0.1, 0.15) is 31.9 Å². The van der Waals surface area contributed by atoms with Crippen molar-refractivity contribution in [1.82, 2.24) is 9.78 Å². The van der Waals surface area contributed by atoms with Gasteiger partial charge in [0.05, 0.1) is 17.3 Å². The fraction of sp³-hybridized carbons (Fsp3) is 0.588. The van der Waals surface area contributed by atoms with Crippen LogP contribution in [0.25, 0.3) is 10.9 Å². The summed E-state index contributed by atoms with van der Waals surface area (Å²) in [4.78, 5) is 0. The second-order valence-corrected chi connectivity index (χ2v) is 6.20. The number of nitrogens with zero attached hydrogens (tertiary/aromatic N) is 2. The summed E-state index contributed by atoms with van der Waals surface area (Å²) in [5.41, 5.74) is 8.65. The molecule has 1 aromatic heterocycles. The third-order valence-electron chi connectivity index (χ3n) is 4.52. The number of aryl methyl sites for hydroxylation is 1. The summed E-state index contributed by atoms with van der Waals surface area (Å²) in [5.74, 6) is 0.728. The van der Waals surface area contributed by atoms with Gasteiger partial charge in [-0.15, -0.1) is 0 Å². The van der Waals surface area contributed by atoms with Gasteiger partial charge in [-0.05, 0) is 38.2 Å². The molecular weight excluding hydrogens is 262 g/mol. The van der Waals surface area contributed by atoms with Crippen molar-refractivity contribution < 1.29 is 4.74 Å². The van der Waals surface area contributed by atoms with Gasteiger partial charge in [0.25, 0.3) is 0 Å². The Bertz CT molecular complexity index is 601. The number of rotatable bonds is 6. The van der Waals surface area contributed by atoms with Crippen molar-refractivity contribution >= 4 is 10.9 Å². The van der Waals surface area contributed by atoms with Crippen LogP contribution in [0.5, 0.6) is 0 Å². The zero-order chi connectivity index (χ0) is 14.8. The first-order valence-corrected chi connectivity index (χ1v) is 7.95. The molecule has 1 fully saturated rings. The average molecular weight is 287 g/mol. The zero-order valence-corrected chi connectivity index (χ0v) is 13.0. The molecule has 1 saturated carbocycles. The Labute approximate surface area is 126 Å². The lowest BCUT2D eigenvalue weighted by molar-refractivity contribution is -0.0281. The maximum Gasteiger partial charge on any atom is 0.0718 e. The molecule has 1 aliphatic carbocycles. The van der Waals surface area contributed by atoms with Gasteiger partial charge in [0, 0.05) is 31.5 Å². The van der Waals surface area contributed by atoms with Crippen molar-refractivity contribution in [2.24, 2.45) is 18.7 Å². The number of hydrogen-bond donors (Lipinski definition) is 1. The topological polar surface area (TPSA) is 53.1 Å². The first-order valence-electron chi connectivity index (χ1n) is 7.95. The van der Waals surface area contributed by atoms with E-state index in [1.165, 1.54) is 23.7 Å². The minimum Gasteiger partial charge on any atom is -0.378 e. The van der Waals surface area contributed by atoms with Gasteiger partial charge >= 0.3 is 0 Å². The molecule has 1 heterocycles. The summed E-state index contributed by atoms with van der Waals surface area (Å²) >= 11 is 0. The predicted octanol–water partition coefficient (Wildman–Crippen LogP) is 2.65. The van der Waals surface area contributed by atoms with Crippen LogP contribution < -0.4 is 5.73 Å². The van der Waals surface area contributed by atoms with Crippen molar-refractivity contribution in [3.8, 4) is 0 Å². The molecular formula is C17H25N3O. The van der Waals surface area contributed by atoms with Crippen LogP contribution in [-0.2, 0) is 18.2 Å². The Kier molecular flexibility index (Phi) is 4.27. The minimum absolute atomic E-state index is 0.191. The summed E-state index contributed by atoms with van der Waals surface area (Å²) in [5, 5.41) is 5.87. The summed E-state index contributed by atoms with van der Waals surface area (Å²) in [6.45, 7) is 2.88. The number of benzene rings is 1. The van der Waals surface area contributed by atoms with E-state index in [4.69, 9.17) is 10.5 Å². The molecule has 4 nitrogen and oxygen atoms in total. The molecule has 1 unspecified atom stereocenters.